The molecular weight excluding hydrogens is 637 g/mol. The number of aromatic nitrogens is 2. The predicted octanol–water partition coefficient (Wildman–Crippen LogP) is 6.08. The zero-order valence-electron chi connectivity index (χ0n) is 21.5. The van der Waals surface area contributed by atoms with Crippen molar-refractivity contribution >= 4 is 61.6 Å². The number of amides is 1. The van der Waals surface area contributed by atoms with Crippen LogP contribution in [-0.2, 0) is 15.3 Å². The van der Waals surface area contributed by atoms with Gasteiger partial charge in [0.1, 0.15) is 17.3 Å². The third-order valence-electron chi connectivity index (χ3n) is 6.31. The number of aliphatic hydroxyl groups excluding tert-OH is 1. The molecule has 1 unspecified atom stereocenters. The summed E-state index contributed by atoms with van der Waals surface area (Å²) in [6, 6.07) is 14.6. The fraction of sp³-hybridized carbons (Fsp3) is 0.143. The summed E-state index contributed by atoms with van der Waals surface area (Å²) in [5.74, 6) is -1.87. The molecule has 1 fully saturated rings. The van der Waals surface area contributed by atoms with E-state index in [2.05, 4.69) is 26.1 Å². The van der Waals surface area contributed by atoms with Gasteiger partial charge in [-0.3, -0.25) is 14.5 Å². The highest BCUT2D eigenvalue weighted by Crippen LogP contribution is 2.47. The number of ether oxygens (including phenoxy) is 2. The molecule has 1 amide bonds. The van der Waals surface area contributed by atoms with Gasteiger partial charge in [0.25, 0.3) is 5.78 Å². The lowest BCUT2D eigenvalue weighted by atomic mass is 9.95. The number of anilines is 1. The van der Waals surface area contributed by atoms with E-state index in [0.717, 1.165) is 16.2 Å². The Morgan fingerprint density at radius 1 is 1.10 bits per heavy atom. The fourth-order valence-corrected chi connectivity index (χ4v) is 6.58. The zero-order chi connectivity index (χ0) is 29.3. The second-order valence-corrected chi connectivity index (χ2v) is 11.7. The Morgan fingerprint density at radius 3 is 2.51 bits per heavy atom. The maximum atomic E-state index is 14.1. The van der Waals surface area contributed by atoms with Gasteiger partial charge in [0, 0.05) is 11.3 Å². The minimum Gasteiger partial charge on any atom is -0.507 e. The number of halogens is 2. The molecule has 0 spiro atoms. The molecule has 2 heterocycles. The first-order valence-electron chi connectivity index (χ1n) is 11.9. The Labute approximate surface area is 250 Å². The van der Waals surface area contributed by atoms with Gasteiger partial charge in [-0.15, -0.1) is 10.2 Å². The summed E-state index contributed by atoms with van der Waals surface area (Å²) in [6.07, 6.45) is 0. The highest BCUT2D eigenvalue weighted by molar-refractivity contribution is 9.10. The van der Waals surface area contributed by atoms with Crippen molar-refractivity contribution in [3.05, 3.63) is 93.2 Å². The molecule has 3 aromatic carbocycles. The molecule has 210 valence electrons. The van der Waals surface area contributed by atoms with Crippen molar-refractivity contribution in [1.82, 2.24) is 10.2 Å². The summed E-state index contributed by atoms with van der Waals surface area (Å²) >= 11 is 5.57. The highest BCUT2D eigenvalue weighted by Gasteiger charge is 2.48. The molecular formula is C28H21BrFN3O6S2. The van der Waals surface area contributed by atoms with Gasteiger partial charge in [-0.1, -0.05) is 41.3 Å². The smallest absolute Gasteiger partial charge is 0.301 e. The minimum atomic E-state index is -1.14. The lowest BCUT2D eigenvalue weighted by Crippen LogP contribution is -2.29. The van der Waals surface area contributed by atoms with E-state index in [1.54, 1.807) is 42.5 Å². The first-order chi connectivity index (χ1) is 19.7. The van der Waals surface area contributed by atoms with Crippen LogP contribution in [-0.4, -0.2) is 46.3 Å². The standard InChI is InChI=1S/C28H21BrFN3O6S2/c1-38-17-9-7-14(8-10-17)23(34)21-22(16-11-18(29)24(35)20(12-16)39-2)33(26(37)25(21)36)27-31-32-28(41-27)40-13-15-5-3-4-6-19(15)30/h3-12,22,34-35H,13H2,1-2H3/b23-21-. The van der Waals surface area contributed by atoms with E-state index in [1.807, 2.05) is 0 Å². The molecule has 1 aromatic heterocycles. The second-order valence-electron chi connectivity index (χ2n) is 8.68. The van der Waals surface area contributed by atoms with Crippen LogP contribution in [0.4, 0.5) is 9.52 Å². The largest absolute Gasteiger partial charge is 0.507 e. The minimum absolute atomic E-state index is 0.0859. The number of phenols is 1. The van der Waals surface area contributed by atoms with E-state index >= 15 is 0 Å². The number of Topliss-reactive ketones (excluding diaryl/α,β-unsaturated/α-hetero) is 1. The zero-order valence-corrected chi connectivity index (χ0v) is 24.7. The fourth-order valence-electron chi connectivity index (χ4n) is 4.27. The van der Waals surface area contributed by atoms with E-state index in [-0.39, 0.29) is 43.8 Å². The normalized spacial score (nSPS) is 16.3. The van der Waals surface area contributed by atoms with Crippen molar-refractivity contribution < 1.29 is 33.7 Å². The van der Waals surface area contributed by atoms with Crippen LogP contribution >= 0.6 is 39.0 Å². The number of carbonyl (C=O) groups is 2. The number of thioether (sulfide) groups is 1. The van der Waals surface area contributed by atoms with Gasteiger partial charge in [-0.25, -0.2) is 4.39 Å². The molecule has 9 nitrogen and oxygen atoms in total. The predicted molar refractivity (Wildman–Crippen MR) is 156 cm³/mol. The van der Waals surface area contributed by atoms with E-state index in [9.17, 15) is 24.2 Å². The van der Waals surface area contributed by atoms with Gasteiger partial charge in [-0.05, 0) is 69.5 Å². The lowest BCUT2D eigenvalue weighted by molar-refractivity contribution is -0.132. The lowest BCUT2D eigenvalue weighted by Gasteiger charge is -2.23. The number of ketones is 1. The number of rotatable bonds is 8. The van der Waals surface area contributed by atoms with Gasteiger partial charge in [-0.2, -0.15) is 0 Å². The molecule has 1 aliphatic rings. The van der Waals surface area contributed by atoms with Crippen molar-refractivity contribution in [1.29, 1.82) is 0 Å². The number of hydrogen-bond donors (Lipinski definition) is 2. The number of carbonyl (C=O) groups excluding carboxylic acids is 2. The SMILES string of the molecule is COc1ccc(/C(O)=C2/C(=O)C(=O)N(c3nnc(SCc4ccccc4F)s3)C2c2cc(Br)c(O)c(OC)c2)cc1. The van der Waals surface area contributed by atoms with Crippen molar-refractivity contribution in [2.45, 2.75) is 16.1 Å². The Hall–Kier alpha value is -3.94. The molecule has 1 saturated heterocycles. The molecule has 0 saturated carbocycles. The van der Waals surface area contributed by atoms with Crippen LogP contribution in [0.2, 0.25) is 0 Å². The summed E-state index contributed by atoms with van der Waals surface area (Å²) in [5, 5.41) is 30.1. The summed E-state index contributed by atoms with van der Waals surface area (Å²) in [7, 11) is 2.87. The molecule has 0 radical (unpaired) electrons. The van der Waals surface area contributed by atoms with Gasteiger partial charge in [0.2, 0.25) is 5.13 Å². The van der Waals surface area contributed by atoms with Crippen LogP contribution in [0.1, 0.15) is 22.7 Å². The maximum absolute atomic E-state index is 14.1. The highest BCUT2D eigenvalue weighted by atomic mass is 79.9. The Morgan fingerprint density at radius 2 is 1.83 bits per heavy atom. The maximum Gasteiger partial charge on any atom is 0.301 e. The Balaban J connectivity index is 1.60. The summed E-state index contributed by atoms with van der Waals surface area (Å²) in [4.78, 5) is 28.1. The number of methoxy groups -OCH3 is 2. The third-order valence-corrected chi connectivity index (χ3v) is 9.01. The average molecular weight is 659 g/mol. The van der Waals surface area contributed by atoms with Gasteiger partial charge in [0.05, 0.1) is 30.3 Å². The molecule has 1 atom stereocenters. The Kier molecular flexibility index (Phi) is 8.29. The average Bonchev–Trinajstić information content (AvgIpc) is 3.55. The number of aliphatic hydroxyl groups is 1. The number of nitrogens with zero attached hydrogens (tertiary/aromatic N) is 3. The monoisotopic (exact) mass is 657 g/mol. The van der Waals surface area contributed by atoms with Crippen LogP contribution in [0.25, 0.3) is 5.76 Å². The summed E-state index contributed by atoms with van der Waals surface area (Å²) < 4.78 is 25.3. The van der Waals surface area contributed by atoms with E-state index in [1.165, 1.54) is 44.2 Å². The Bertz CT molecular complexity index is 1680. The van der Waals surface area contributed by atoms with Gasteiger partial charge < -0.3 is 19.7 Å². The molecule has 4 aromatic rings. The van der Waals surface area contributed by atoms with Crippen LogP contribution in [0.5, 0.6) is 17.2 Å². The molecule has 0 aliphatic carbocycles. The van der Waals surface area contributed by atoms with E-state index in [4.69, 9.17) is 9.47 Å². The third kappa shape index (κ3) is 5.52. The van der Waals surface area contributed by atoms with Gasteiger partial charge in [0.15, 0.2) is 15.8 Å². The molecule has 2 N–H and O–H groups in total. The molecule has 1 aliphatic heterocycles. The first kappa shape index (κ1) is 28.6. The topological polar surface area (TPSA) is 122 Å². The van der Waals surface area contributed by atoms with Crippen molar-refractivity contribution in [3.8, 4) is 17.2 Å². The molecule has 13 heteroatoms. The summed E-state index contributed by atoms with van der Waals surface area (Å²) in [5.41, 5.74) is 0.944. The number of hydrogen-bond acceptors (Lipinski definition) is 10. The van der Waals surface area contributed by atoms with Crippen LogP contribution in [0.15, 0.2) is 75.0 Å². The van der Waals surface area contributed by atoms with Crippen molar-refractivity contribution in [2.24, 2.45) is 0 Å². The van der Waals surface area contributed by atoms with E-state index in [0.29, 0.717) is 21.2 Å². The van der Waals surface area contributed by atoms with E-state index < -0.39 is 23.5 Å². The number of benzene rings is 3. The van der Waals surface area contributed by atoms with Crippen LogP contribution < -0.4 is 14.4 Å². The quantitative estimate of drug-likeness (QED) is 0.0763. The molecule has 0 bridgehead atoms. The second kappa shape index (κ2) is 11.9. The van der Waals surface area contributed by atoms with Crippen LogP contribution in [0, 0.1) is 5.82 Å². The first-order valence-corrected chi connectivity index (χ1v) is 14.5. The van der Waals surface area contributed by atoms with Crippen molar-refractivity contribution in [2.75, 3.05) is 19.1 Å². The van der Waals surface area contributed by atoms with Gasteiger partial charge >= 0.3 is 5.91 Å². The number of phenolic OH excluding ortho intramolecular Hbond substituents is 1. The number of aromatic hydroxyl groups is 1. The molecule has 5 rings (SSSR count). The van der Waals surface area contributed by atoms with Crippen molar-refractivity contribution in [3.63, 3.8) is 0 Å². The van der Waals surface area contributed by atoms with Crippen LogP contribution in [0.3, 0.4) is 0 Å². The summed E-state index contributed by atoms with van der Waals surface area (Å²) in [6.45, 7) is 0. The molecule has 41 heavy (non-hydrogen) atoms.